The fourth-order valence-electron chi connectivity index (χ4n) is 2.60. The van der Waals surface area contributed by atoms with E-state index in [0.29, 0.717) is 12.1 Å². The first-order valence-electron chi connectivity index (χ1n) is 5.32. The summed E-state index contributed by atoms with van der Waals surface area (Å²) < 4.78 is 5.35. The molecule has 0 aromatic rings. The summed E-state index contributed by atoms with van der Waals surface area (Å²) >= 11 is 0. The summed E-state index contributed by atoms with van der Waals surface area (Å²) in [5, 5.41) is 0. The Bertz CT molecular complexity index is 174. The van der Waals surface area contributed by atoms with Gasteiger partial charge in [-0.3, -0.25) is 4.90 Å². The van der Waals surface area contributed by atoms with E-state index in [1.54, 1.807) is 0 Å². The van der Waals surface area contributed by atoms with Gasteiger partial charge in [-0.25, -0.2) is 0 Å². The molecule has 0 amide bonds. The zero-order valence-electron chi connectivity index (χ0n) is 8.41. The van der Waals surface area contributed by atoms with Crippen LogP contribution in [-0.4, -0.2) is 43.3 Å². The SMILES string of the molecule is COC1CCN(C2CCC(N)C2)C1. The molecule has 0 spiro atoms. The third kappa shape index (κ3) is 2.03. The molecule has 3 heteroatoms. The fraction of sp³-hybridized carbons (Fsp3) is 1.00. The maximum absolute atomic E-state index is 5.90. The molecule has 2 rings (SSSR count). The first-order valence-corrected chi connectivity index (χ1v) is 5.32. The van der Waals surface area contributed by atoms with Gasteiger partial charge in [0, 0.05) is 32.3 Å². The van der Waals surface area contributed by atoms with E-state index in [0.717, 1.165) is 12.6 Å². The molecular weight excluding hydrogens is 164 g/mol. The van der Waals surface area contributed by atoms with Crippen molar-refractivity contribution in [2.75, 3.05) is 20.2 Å². The summed E-state index contributed by atoms with van der Waals surface area (Å²) in [4.78, 5) is 2.56. The van der Waals surface area contributed by atoms with Gasteiger partial charge in [0.25, 0.3) is 0 Å². The van der Waals surface area contributed by atoms with Gasteiger partial charge >= 0.3 is 0 Å². The minimum absolute atomic E-state index is 0.451. The molecule has 1 aliphatic heterocycles. The van der Waals surface area contributed by atoms with Gasteiger partial charge in [0.2, 0.25) is 0 Å². The molecule has 0 aromatic carbocycles. The van der Waals surface area contributed by atoms with Crippen molar-refractivity contribution >= 4 is 0 Å². The van der Waals surface area contributed by atoms with Crippen molar-refractivity contribution in [2.45, 2.75) is 43.9 Å². The van der Waals surface area contributed by atoms with Crippen LogP contribution in [0.4, 0.5) is 0 Å². The average Bonchev–Trinajstić information content (AvgIpc) is 2.71. The maximum Gasteiger partial charge on any atom is 0.0710 e. The Hall–Kier alpha value is -0.120. The second-order valence-corrected chi connectivity index (χ2v) is 4.37. The van der Waals surface area contributed by atoms with Gasteiger partial charge < -0.3 is 10.5 Å². The molecule has 0 aromatic heterocycles. The molecule has 1 aliphatic carbocycles. The molecule has 13 heavy (non-hydrogen) atoms. The highest BCUT2D eigenvalue weighted by molar-refractivity contribution is 4.89. The van der Waals surface area contributed by atoms with Crippen molar-refractivity contribution in [1.82, 2.24) is 4.90 Å². The van der Waals surface area contributed by atoms with Gasteiger partial charge in [-0.05, 0) is 25.7 Å². The molecule has 76 valence electrons. The van der Waals surface area contributed by atoms with E-state index in [1.807, 2.05) is 7.11 Å². The lowest BCUT2D eigenvalue weighted by atomic mass is 10.2. The molecule has 0 bridgehead atoms. The standard InChI is InChI=1S/C10H20N2O/c1-13-10-4-5-12(7-10)9-3-2-8(11)6-9/h8-10H,2-7,11H2,1H3. The largest absolute Gasteiger partial charge is 0.380 e. The van der Waals surface area contributed by atoms with E-state index in [9.17, 15) is 0 Å². The van der Waals surface area contributed by atoms with Crippen molar-refractivity contribution in [1.29, 1.82) is 0 Å². The van der Waals surface area contributed by atoms with Crippen LogP contribution in [0.2, 0.25) is 0 Å². The molecule has 2 aliphatic rings. The molecular formula is C10H20N2O. The van der Waals surface area contributed by atoms with E-state index >= 15 is 0 Å². The normalized spacial score (nSPS) is 41.5. The number of likely N-dealkylation sites (tertiary alicyclic amines) is 1. The highest BCUT2D eigenvalue weighted by atomic mass is 16.5. The van der Waals surface area contributed by atoms with Crippen molar-refractivity contribution in [3.05, 3.63) is 0 Å². The Labute approximate surface area is 80.2 Å². The lowest BCUT2D eigenvalue weighted by Crippen LogP contribution is -2.33. The summed E-state index contributed by atoms with van der Waals surface area (Å²) in [5.41, 5.74) is 5.90. The van der Waals surface area contributed by atoms with Crippen LogP contribution in [0.5, 0.6) is 0 Å². The first-order chi connectivity index (χ1) is 6.29. The van der Waals surface area contributed by atoms with Crippen molar-refractivity contribution in [3.63, 3.8) is 0 Å². The van der Waals surface area contributed by atoms with Crippen LogP contribution in [0, 0.1) is 0 Å². The molecule has 1 saturated carbocycles. The number of hydrogen-bond acceptors (Lipinski definition) is 3. The van der Waals surface area contributed by atoms with Crippen LogP contribution in [-0.2, 0) is 4.74 Å². The minimum Gasteiger partial charge on any atom is -0.380 e. The second-order valence-electron chi connectivity index (χ2n) is 4.37. The predicted molar refractivity (Wildman–Crippen MR) is 52.6 cm³/mol. The number of hydrogen-bond donors (Lipinski definition) is 1. The highest BCUT2D eigenvalue weighted by Gasteiger charge is 2.32. The van der Waals surface area contributed by atoms with Gasteiger partial charge in [0.05, 0.1) is 6.10 Å². The van der Waals surface area contributed by atoms with Gasteiger partial charge in [0.1, 0.15) is 0 Å². The summed E-state index contributed by atoms with van der Waals surface area (Å²) in [6.45, 7) is 2.32. The maximum atomic E-state index is 5.90. The Balaban J connectivity index is 1.82. The summed E-state index contributed by atoms with van der Waals surface area (Å²) in [6.07, 6.45) is 5.35. The topological polar surface area (TPSA) is 38.5 Å². The van der Waals surface area contributed by atoms with Crippen LogP contribution in [0.25, 0.3) is 0 Å². The number of methoxy groups -OCH3 is 1. The summed E-state index contributed by atoms with van der Waals surface area (Å²) in [5.74, 6) is 0. The number of rotatable bonds is 2. The van der Waals surface area contributed by atoms with Crippen molar-refractivity contribution < 1.29 is 4.74 Å². The van der Waals surface area contributed by atoms with Gasteiger partial charge in [0.15, 0.2) is 0 Å². The van der Waals surface area contributed by atoms with Crippen LogP contribution in [0.3, 0.4) is 0 Å². The molecule has 3 nitrogen and oxygen atoms in total. The fourth-order valence-corrected chi connectivity index (χ4v) is 2.60. The zero-order chi connectivity index (χ0) is 9.26. The number of nitrogens with zero attached hydrogens (tertiary/aromatic N) is 1. The lowest BCUT2D eigenvalue weighted by Gasteiger charge is -2.23. The highest BCUT2D eigenvalue weighted by Crippen LogP contribution is 2.26. The Morgan fingerprint density at radius 2 is 2.15 bits per heavy atom. The molecule has 3 unspecified atom stereocenters. The summed E-state index contributed by atoms with van der Waals surface area (Å²) in [7, 11) is 1.81. The first kappa shape index (κ1) is 9.44. The molecule has 3 atom stereocenters. The van der Waals surface area contributed by atoms with E-state index in [4.69, 9.17) is 10.5 Å². The Kier molecular flexibility index (Phi) is 2.86. The third-order valence-electron chi connectivity index (χ3n) is 3.47. The summed E-state index contributed by atoms with van der Waals surface area (Å²) in [6, 6.07) is 1.20. The third-order valence-corrected chi connectivity index (χ3v) is 3.47. The van der Waals surface area contributed by atoms with Crippen molar-refractivity contribution in [3.8, 4) is 0 Å². The van der Waals surface area contributed by atoms with Gasteiger partial charge in [-0.1, -0.05) is 0 Å². The smallest absolute Gasteiger partial charge is 0.0710 e. The van der Waals surface area contributed by atoms with E-state index in [2.05, 4.69) is 4.90 Å². The zero-order valence-corrected chi connectivity index (χ0v) is 8.41. The molecule has 1 heterocycles. The van der Waals surface area contributed by atoms with Gasteiger partial charge in [-0.15, -0.1) is 0 Å². The van der Waals surface area contributed by atoms with Crippen LogP contribution >= 0.6 is 0 Å². The molecule has 0 radical (unpaired) electrons. The second kappa shape index (κ2) is 3.95. The Morgan fingerprint density at radius 3 is 2.69 bits per heavy atom. The van der Waals surface area contributed by atoms with Gasteiger partial charge in [-0.2, -0.15) is 0 Å². The Morgan fingerprint density at radius 1 is 1.31 bits per heavy atom. The lowest BCUT2D eigenvalue weighted by molar-refractivity contribution is 0.101. The average molecular weight is 184 g/mol. The van der Waals surface area contributed by atoms with Crippen LogP contribution in [0.15, 0.2) is 0 Å². The van der Waals surface area contributed by atoms with E-state index < -0.39 is 0 Å². The van der Waals surface area contributed by atoms with Crippen LogP contribution in [0.1, 0.15) is 25.7 Å². The minimum atomic E-state index is 0.451. The molecule has 2 fully saturated rings. The van der Waals surface area contributed by atoms with E-state index in [1.165, 1.54) is 32.2 Å². The number of nitrogens with two attached hydrogens (primary N) is 1. The molecule has 2 N–H and O–H groups in total. The monoisotopic (exact) mass is 184 g/mol. The van der Waals surface area contributed by atoms with E-state index in [-0.39, 0.29) is 0 Å². The van der Waals surface area contributed by atoms with Crippen molar-refractivity contribution in [2.24, 2.45) is 5.73 Å². The number of ether oxygens (including phenoxy) is 1. The van der Waals surface area contributed by atoms with Crippen LogP contribution < -0.4 is 5.73 Å². The predicted octanol–water partition coefficient (Wildman–Crippen LogP) is 0.587. The quantitative estimate of drug-likeness (QED) is 0.682. The molecule has 1 saturated heterocycles.